The lowest BCUT2D eigenvalue weighted by atomic mass is 10.1. The molecule has 5 nitrogen and oxygen atoms in total. The molecular weight excluding hydrogens is 304 g/mol. The lowest BCUT2D eigenvalue weighted by Crippen LogP contribution is -2.30. The van der Waals surface area contributed by atoms with Crippen molar-refractivity contribution in [3.63, 3.8) is 0 Å². The molecule has 1 aromatic heterocycles. The van der Waals surface area contributed by atoms with E-state index in [0.717, 1.165) is 10.8 Å². The first-order valence-electron chi connectivity index (χ1n) is 7.67. The fourth-order valence-electron chi connectivity index (χ4n) is 2.52. The Morgan fingerprint density at radius 2 is 1.79 bits per heavy atom. The van der Waals surface area contributed by atoms with E-state index in [1.165, 1.54) is 0 Å². The first kappa shape index (κ1) is 15.8. The van der Waals surface area contributed by atoms with Gasteiger partial charge in [-0.2, -0.15) is 0 Å². The van der Waals surface area contributed by atoms with Crippen LogP contribution in [0.5, 0.6) is 0 Å². The summed E-state index contributed by atoms with van der Waals surface area (Å²) in [7, 11) is 1.75. The Kier molecular flexibility index (Phi) is 4.33. The van der Waals surface area contributed by atoms with Gasteiger partial charge in [-0.15, -0.1) is 0 Å². The van der Waals surface area contributed by atoms with Gasteiger partial charge in [0.15, 0.2) is 6.10 Å². The summed E-state index contributed by atoms with van der Waals surface area (Å²) in [4.78, 5) is 24.4. The highest BCUT2D eigenvalue weighted by molar-refractivity contribution is 6.04. The number of nitrogens with one attached hydrogen (secondary N) is 1. The molecule has 0 radical (unpaired) electrons. The maximum absolute atomic E-state index is 12.4. The monoisotopic (exact) mass is 322 g/mol. The molecule has 0 saturated carbocycles. The summed E-state index contributed by atoms with van der Waals surface area (Å²) in [6.45, 7) is 1.56. The van der Waals surface area contributed by atoms with Crippen LogP contribution in [0.3, 0.4) is 0 Å². The zero-order valence-electron chi connectivity index (χ0n) is 13.5. The lowest BCUT2D eigenvalue weighted by molar-refractivity contribution is -0.123. The van der Waals surface area contributed by atoms with Crippen LogP contribution in [-0.4, -0.2) is 22.5 Å². The predicted molar refractivity (Wildman–Crippen MR) is 92.9 cm³/mol. The average molecular weight is 322 g/mol. The number of carbonyl (C=O) groups is 2. The minimum absolute atomic E-state index is 0.367. The van der Waals surface area contributed by atoms with Crippen molar-refractivity contribution in [1.29, 1.82) is 0 Å². The molecule has 0 bridgehead atoms. The van der Waals surface area contributed by atoms with E-state index in [-0.39, 0.29) is 5.91 Å². The molecule has 3 aromatic rings. The number of ether oxygens (including phenoxy) is 1. The van der Waals surface area contributed by atoms with Gasteiger partial charge < -0.3 is 14.6 Å². The Hall–Kier alpha value is -3.08. The predicted octanol–water partition coefficient (Wildman–Crippen LogP) is 3.36. The summed E-state index contributed by atoms with van der Waals surface area (Å²) in [6.07, 6.45) is 0.851. The van der Waals surface area contributed by atoms with Gasteiger partial charge in [-0.3, -0.25) is 4.79 Å². The van der Waals surface area contributed by atoms with Crippen LogP contribution >= 0.6 is 0 Å². The van der Waals surface area contributed by atoms with Crippen LogP contribution in [0.2, 0.25) is 0 Å². The first-order chi connectivity index (χ1) is 11.6. The molecule has 0 spiro atoms. The molecule has 0 fully saturated rings. The zero-order valence-corrected chi connectivity index (χ0v) is 13.5. The van der Waals surface area contributed by atoms with Gasteiger partial charge in [0.25, 0.3) is 5.91 Å². The van der Waals surface area contributed by atoms with Crippen LogP contribution in [0.4, 0.5) is 5.69 Å². The fraction of sp³-hybridized carbons (Fsp3) is 0.158. The molecule has 0 saturated heterocycles. The third-order valence-electron chi connectivity index (χ3n) is 3.85. The molecule has 1 amide bonds. The number of esters is 1. The van der Waals surface area contributed by atoms with Crippen molar-refractivity contribution in [3.8, 4) is 0 Å². The molecule has 3 rings (SSSR count). The second kappa shape index (κ2) is 6.58. The number of nitrogens with zero attached hydrogens (tertiary/aromatic N) is 1. The van der Waals surface area contributed by atoms with E-state index in [1.807, 2.05) is 42.5 Å². The summed E-state index contributed by atoms with van der Waals surface area (Å²) in [5.74, 6) is -0.892. The number of carbonyl (C=O) groups excluding carboxylic acids is 2. The summed E-state index contributed by atoms with van der Waals surface area (Å²) in [6, 6.07) is 16.8. The quantitative estimate of drug-likeness (QED) is 0.749. The van der Waals surface area contributed by atoms with Gasteiger partial charge in [0.2, 0.25) is 0 Å². The molecule has 0 aliphatic carbocycles. The third kappa shape index (κ3) is 3.15. The SMILES string of the molecule is C[C@@H](OC(=O)c1cccn1C)C(=O)Nc1cccc2ccccc12. The molecule has 24 heavy (non-hydrogen) atoms. The molecule has 1 atom stereocenters. The number of rotatable bonds is 4. The number of aromatic nitrogens is 1. The molecule has 0 aliphatic heterocycles. The van der Waals surface area contributed by atoms with Crippen molar-refractivity contribution in [3.05, 3.63) is 66.5 Å². The standard InChI is InChI=1S/C19H18N2O3/c1-13(24-19(23)17-11-6-12-21(17)2)18(22)20-16-10-5-8-14-7-3-4-9-15(14)16/h3-13H,1-2H3,(H,20,22)/t13-/m1/s1. The molecule has 0 aliphatic rings. The van der Waals surface area contributed by atoms with E-state index in [0.29, 0.717) is 11.4 Å². The molecule has 122 valence electrons. The van der Waals surface area contributed by atoms with Gasteiger partial charge in [-0.1, -0.05) is 36.4 Å². The smallest absolute Gasteiger partial charge is 0.355 e. The highest BCUT2D eigenvalue weighted by Gasteiger charge is 2.20. The van der Waals surface area contributed by atoms with Crippen LogP contribution in [0.25, 0.3) is 10.8 Å². The van der Waals surface area contributed by atoms with Crippen LogP contribution in [0.1, 0.15) is 17.4 Å². The van der Waals surface area contributed by atoms with E-state index < -0.39 is 12.1 Å². The minimum atomic E-state index is -0.897. The topological polar surface area (TPSA) is 60.3 Å². The molecule has 2 aromatic carbocycles. The Morgan fingerprint density at radius 1 is 1.04 bits per heavy atom. The van der Waals surface area contributed by atoms with E-state index in [1.54, 1.807) is 36.9 Å². The summed E-state index contributed by atoms with van der Waals surface area (Å²) in [5.41, 5.74) is 1.10. The van der Waals surface area contributed by atoms with Gasteiger partial charge in [0.1, 0.15) is 5.69 Å². The summed E-state index contributed by atoms with van der Waals surface area (Å²) in [5, 5.41) is 4.80. The number of anilines is 1. The van der Waals surface area contributed by atoms with Gasteiger partial charge in [0, 0.05) is 24.3 Å². The van der Waals surface area contributed by atoms with Crippen LogP contribution in [0.15, 0.2) is 60.8 Å². The summed E-state index contributed by atoms with van der Waals surface area (Å²) < 4.78 is 6.90. The molecule has 1 N–H and O–H groups in total. The maximum Gasteiger partial charge on any atom is 0.355 e. The van der Waals surface area contributed by atoms with Gasteiger partial charge in [-0.25, -0.2) is 4.79 Å². The Labute approximate surface area is 139 Å². The van der Waals surface area contributed by atoms with Crippen LogP contribution in [-0.2, 0) is 16.6 Å². The van der Waals surface area contributed by atoms with Crippen LogP contribution < -0.4 is 5.32 Å². The summed E-state index contributed by atoms with van der Waals surface area (Å²) >= 11 is 0. The van der Waals surface area contributed by atoms with Crippen molar-refractivity contribution in [2.24, 2.45) is 7.05 Å². The second-order valence-electron chi connectivity index (χ2n) is 5.57. The Bertz CT molecular complexity index is 893. The van der Waals surface area contributed by atoms with E-state index in [9.17, 15) is 9.59 Å². The molecular formula is C19H18N2O3. The number of hydrogen-bond acceptors (Lipinski definition) is 3. The zero-order chi connectivity index (χ0) is 17.1. The van der Waals surface area contributed by atoms with Crippen molar-refractivity contribution < 1.29 is 14.3 Å². The number of aryl methyl sites for hydroxylation is 1. The minimum Gasteiger partial charge on any atom is -0.448 e. The second-order valence-corrected chi connectivity index (χ2v) is 5.57. The maximum atomic E-state index is 12.4. The fourth-order valence-corrected chi connectivity index (χ4v) is 2.52. The average Bonchev–Trinajstić information content (AvgIpc) is 3.01. The van der Waals surface area contributed by atoms with E-state index >= 15 is 0 Å². The van der Waals surface area contributed by atoms with E-state index in [4.69, 9.17) is 4.74 Å². The number of benzene rings is 2. The van der Waals surface area contributed by atoms with Crippen molar-refractivity contribution in [2.75, 3.05) is 5.32 Å². The molecule has 1 heterocycles. The van der Waals surface area contributed by atoms with Gasteiger partial charge in [0.05, 0.1) is 0 Å². The first-order valence-corrected chi connectivity index (χ1v) is 7.67. The molecule has 0 unspecified atom stereocenters. The third-order valence-corrected chi connectivity index (χ3v) is 3.85. The van der Waals surface area contributed by atoms with Gasteiger partial charge >= 0.3 is 5.97 Å². The van der Waals surface area contributed by atoms with Crippen molar-refractivity contribution in [1.82, 2.24) is 4.57 Å². The lowest BCUT2D eigenvalue weighted by Gasteiger charge is -2.15. The van der Waals surface area contributed by atoms with Crippen molar-refractivity contribution >= 4 is 28.3 Å². The normalized spacial score (nSPS) is 11.9. The number of hydrogen-bond donors (Lipinski definition) is 1. The Morgan fingerprint density at radius 3 is 2.54 bits per heavy atom. The largest absolute Gasteiger partial charge is 0.448 e. The number of fused-ring (bicyclic) bond motifs is 1. The van der Waals surface area contributed by atoms with Crippen molar-refractivity contribution in [2.45, 2.75) is 13.0 Å². The van der Waals surface area contributed by atoms with Gasteiger partial charge in [-0.05, 0) is 30.5 Å². The molecule has 5 heteroatoms. The number of amides is 1. The van der Waals surface area contributed by atoms with E-state index in [2.05, 4.69) is 5.32 Å². The Balaban J connectivity index is 1.72. The highest BCUT2D eigenvalue weighted by Crippen LogP contribution is 2.23. The van der Waals surface area contributed by atoms with Crippen LogP contribution in [0, 0.1) is 0 Å². The highest BCUT2D eigenvalue weighted by atomic mass is 16.5.